The molecule has 1 fully saturated rings. The van der Waals surface area contributed by atoms with Crippen molar-refractivity contribution >= 4 is 45.8 Å². The van der Waals surface area contributed by atoms with Crippen LogP contribution in [0.25, 0.3) is 0 Å². The van der Waals surface area contributed by atoms with Crippen LogP contribution in [0.15, 0.2) is 42.5 Å². The fraction of sp³-hybridized carbons (Fsp3) is 0.423. The van der Waals surface area contributed by atoms with Crippen LogP contribution in [-0.2, 0) is 31.7 Å². The molecule has 1 aliphatic carbocycles. The second-order valence-corrected chi connectivity index (χ2v) is 11.0. The van der Waals surface area contributed by atoms with E-state index in [9.17, 15) is 18.6 Å². The monoisotopic (exact) mass is 547 g/mol. The molecule has 4 rings (SSSR count). The average molecular weight is 548 g/mol. The van der Waals surface area contributed by atoms with Gasteiger partial charge in [0.1, 0.15) is 11.5 Å². The summed E-state index contributed by atoms with van der Waals surface area (Å²) < 4.78 is 23.2. The summed E-state index contributed by atoms with van der Waals surface area (Å²) in [5.74, 6) is -0.928. The number of nitrogens with zero attached hydrogens (tertiary/aromatic N) is 1. The van der Waals surface area contributed by atoms with Crippen molar-refractivity contribution in [2.24, 2.45) is 0 Å². The molecule has 0 spiro atoms. The van der Waals surface area contributed by atoms with Crippen LogP contribution < -0.4 is 20.1 Å². The van der Waals surface area contributed by atoms with Crippen molar-refractivity contribution in [1.29, 1.82) is 0 Å². The van der Waals surface area contributed by atoms with Gasteiger partial charge in [-0.3, -0.25) is 18.6 Å². The Morgan fingerprint density at radius 2 is 1.73 bits per heavy atom. The van der Waals surface area contributed by atoms with Crippen LogP contribution in [0, 0.1) is 0 Å². The van der Waals surface area contributed by atoms with E-state index < -0.39 is 28.4 Å². The molecule has 2 aromatic carbocycles. The Morgan fingerprint density at radius 3 is 2.51 bits per heavy atom. The summed E-state index contributed by atoms with van der Waals surface area (Å²) in [5, 5.41) is 6.14. The SMILES string of the molecule is O=C(CS(=O)CC(=O)N(CC(=O)NC1CCCCC1)Cc1ccccc1Cl)Nc1ccc2c(c1)OCO2. The van der Waals surface area contributed by atoms with Crippen LogP contribution in [-0.4, -0.2) is 57.7 Å². The van der Waals surface area contributed by atoms with Crippen LogP contribution in [0.2, 0.25) is 5.02 Å². The predicted octanol–water partition coefficient (Wildman–Crippen LogP) is 3.23. The zero-order valence-electron chi connectivity index (χ0n) is 20.4. The van der Waals surface area contributed by atoms with E-state index in [0.717, 1.165) is 32.1 Å². The van der Waals surface area contributed by atoms with Gasteiger partial charge in [0.2, 0.25) is 24.5 Å². The first kappa shape index (κ1) is 26.9. The third-order valence-electron chi connectivity index (χ3n) is 6.21. The Balaban J connectivity index is 1.34. The molecule has 0 radical (unpaired) electrons. The minimum absolute atomic E-state index is 0.0944. The van der Waals surface area contributed by atoms with Gasteiger partial charge < -0.3 is 25.0 Å². The number of rotatable bonds is 10. The van der Waals surface area contributed by atoms with Gasteiger partial charge in [-0.1, -0.05) is 49.1 Å². The number of hydrogen-bond acceptors (Lipinski definition) is 6. The first-order valence-electron chi connectivity index (χ1n) is 12.2. The van der Waals surface area contributed by atoms with Crippen LogP contribution in [0.5, 0.6) is 11.5 Å². The van der Waals surface area contributed by atoms with Crippen LogP contribution in [0.4, 0.5) is 5.69 Å². The van der Waals surface area contributed by atoms with E-state index in [1.165, 1.54) is 4.90 Å². The van der Waals surface area contributed by atoms with Gasteiger partial charge >= 0.3 is 0 Å². The molecule has 1 atom stereocenters. The number of carbonyl (C=O) groups excluding carboxylic acids is 3. The molecular weight excluding hydrogens is 518 g/mol. The van der Waals surface area contributed by atoms with Crippen molar-refractivity contribution in [1.82, 2.24) is 10.2 Å². The highest BCUT2D eigenvalue weighted by molar-refractivity contribution is 7.86. The number of anilines is 1. The number of amides is 3. The summed E-state index contributed by atoms with van der Waals surface area (Å²) in [5.41, 5.74) is 1.15. The normalized spacial score (nSPS) is 15.6. The number of benzene rings is 2. The molecule has 2 N–H and O–H groups in total. The lowest BCUT2D eigenvalue weighted by Crippen LogP contribution is -2.45. The molecule has 3 amide bonds. The Hall–Kier alpha value is -3.11. The lowest BCUT2D eigenvalue weighted by Gasteiger charge is -2.26. The van der Waals surface area contributed by atoms with Crippen molar-refractivity contribution in [2.75, 3.05) is 30.2 Å². The van der Waals surface area contributed by atoms with Crippen LogP contribution >= 0.6 is 11.6 Å². The molecule has 0 saturated heterocycles. The van der Waals surface area contributed by atoms with E-state index in [-0.39, 0.29) is 37.6 Å². The third-order valence-corrected chi connectivity index (χ3v) is 7.73. The topological polar surface area (TPSA) is 114 Å². The molecule has 2 aromatic rings. The number of halogens is 1. The van der Waals surface area contributed by atoms with Gasteiger partial charge in [-0.2, -0.15) is 0 Å². The first-order chi connectivity index (χ1) is 17.9. The standard InChI is InChI=1S/C26H30ClN3O6S/c27-21-9-5-4-6-18(21)13-30(14-24(31)28-19-7-2-1-3-8-19)26(33)16-37(34)15-25(32)29-20-10-11-22-23(12-20)36-17-35-22/h4-6,9-12,19H,1-3,7-8,13-17H2,(H,28,31)(H,29,32). The average Bonchev–Trinajstić information content (AvgIpc) is 3.33. The summed E-state index contributed by atoms with van der Waals surface area (Å²) in [7, 11) is -1.78. The van der Waals surface area contributed by atoms with Crippen molar-refractivity contribution in [3.8, 4) is 11.5 Å². The van der Waals surface area contributed by atoms with E-state index in [2.05, 4.69) is 10.6 Å². The highest BCUT2D eigenvalue weighted by atomic mass is 35.5. The minimum atomic E-state index is -1.78. The zero-order valence-corrected chi connectivity index (χ0v) is 21.9. The van der Waals surface area contributed by atoms with E-state index in [1.807, 2.05) is 0 Å². The molecule has 198 valence electrons. The van der Waals surface area contributed by atoms with E-state index in [4.69, 9.17) is 21.1 Å². The Morgan fingerprint density at radius 1 is 0.973 bits per heavy atom. The van der Waals surface area contributed by atoms with Gasteiger partial charge in [0.05, 0.1) is 6.54 Å². The minimum Gasteiger partial charge on any atom is -0.454 e. The molecule has 11 heteroatoms. The van der Waals surface area contributed by atoms with Crippen LogP contribution in [0.1, 0.15) is 37.7 Å². The van der Waals surface area contributed by atoms with Crippen molar-refractivity contribution < 1.29 is 28.1 Å². The van der Waals surface area contributed by atoms with Crippen molar-refractivity contribution in [3.63, 3.8) is 0 Å². The maximum Gasteiger partial charge on any atom is 0.239 e. The summed E-state index contributed by atoms with van der Waals surface area (Å²) in [4.78, 5) is 39.6. The first-order valence-corrected chi connectivity index (χ1v) is 14.1. The highest BCUT2D eigenvalue weighted by Gasteiger charge is 2.24. The third kappa shape index (κ3) is 7.93. The number of hydrogen-bond donors (Lipinski definition) is 2. The van der Waals surface area contributed by atoms with Gasteiger partial charge in [0, 0.05) is 40.2 Å². The van der Waals surface area contributed by atoms with Gasteiger partial charge in [-0.05, 0) is 36.6 Å². The molecule has 37 heavy (non-hydrogen) atoms. The summed E-state index contributed by atoms with van der Waals surface area (Å²) in [6.07, 6.45) is 5.15. The second kappa shape index (κ2) is 12.9. The second-order valence-electron chi connectivity index (χ2n) is 9.09. The van der Waals surface area contributed by atoms with Crippen LogP contribution in [0.3, 0.4) is 0 Å². The lowest BCUT2D eigenvalue weighted by molar-refractivity contribution is -0.135. The highest BCUT2D eigenvalue weighted by Crippen LogP contribution is 2.34. The molecule has 1 saturated carbocycles. The number of nitrogens with one attached hydrogen (secondary N) is 2. The maximum absolute atomic E-state index is 13.1. The van der Waals surface area contributed by atoms with Gasteiger partial charge in [-0.15, -0.1) is 0 Å². The smallest absolute Gasteiger partial charge is 0.239 e. The molecule has 1 unspecified atom stereocenters. The van der Waals surface area contributed by atoms with E-state index in [1.54, 1.807) is 42.5 Å². The molecule has 0 aromatic heterocycles. The molecule has 9 nitrogen and oxygen atoms in total. The molecule has 1 aliphatic heterocycles. The maximum atomic E-state index is 13.1. The fourth-order valence-electron chi connectivity index (χ4n) is 4.36. The Kier molecular flexibility index (Phi) is 9.40. The van der Waals surface area contributed by atoms with Gasteiger partial charge in [0.15, 0.2) is 11.5 Å². The number of fused-ring (bicyclic) bond motifs is 1. The predicted molar refractivity (Wildman–Crippen MR) is 141 cm³/mol. The van der Waals surface area contributed by atoms with Crippen molar-refractivity contribution in [3.05, 3.63) is 53.1 Å². The largest absolute Gasteiger partial charge is 0.454 e. The molecule has 0 bridgehead atoms. The number of ether oxygens (including phenoxy) is 2. The Labute approximate surface area is 223 Å². The van der Waals surface area contributed by atoms with Gasteiger partial charge in [0.25, 0.3) is 0 Å². The fourth-order valence-corrected chi connectivity index (χ4v) is 5.48. The molecule has 1 heterocycles. The summed E-state index contributed by atoms with van der Waals surface area (Å²) in [6, 6.07) is 12.1. The summed E-state index contributed by atoms with van der Waals surface area (Å²) >= 11 is 6.28. The summed E-state index contributed by atoms with van der Waals surface area (Å²) in [6.45, 7) is 0.0283. The molecule has 2 aliphatic rings. The Bertz CT molecular complexity index is 1170. The van der Waals surface area contributed by atoms with E-state index in [0.29, 0.717) is 27.8 Å². The quantitative estimate of drug-likeness (QED) is 0.472. The number of carbonyl (C=O) groups is 3. The van der Waals surface area contributed by atoms with Gasteiger partial charge in [-0.25, -0.2) is 0 Å². The molecular formula is C26H30ClN3O6S. The van der Waals surface area contributed by atoms with E-state index >= 15 is 0 Å². The van der Waals surface area contributed by atoms with Crippen molar-refractivity contribution in [2.45, 2.75) is 44.7 Å². The lowest BCUT2D eigenvalue weighted by atomic mass is 9.95. The zero-order chi connectivity index (χ0) is 26.2.